The lowest BCUT2D eigenvalue weighted by atomic mass is 9.70. The molecule has 4 aromatic rings. The van der Waals surface area contributed by atoms with Crippen molar-refractivity contribution in [2.45, 2.75) is 58.4 Å². The number of hydrogen-bond donors (Lipinski definition) is 5. The fourth-order valence-corrected chi connectivity index (χ4v) is 8.23. The molecule has 1 aromatic heterocycles. The number of imide groups is 2. The van der Waals surface area contributed by atoms with Crippen LogP contribution in [0.2, 0.25) is 0 Å². The average Bonchev–Trinajstić information content (AvgIpc) is 3.84. The Kier molecular flexibility index (Phi) is 17.1. The Bertz CT molecular complexity index is 2520. The highest BCUT2D eigenvalue weighted by Crippen LogP contribution is 2.45. The van der Waals surface area contributed by atoms with Gasteiger partial charge in [0.2, 0.25) is 12.3 Å². The minimum absolute atomic E-state index is 0.00300. The monoisotopic (exact) mass is 903 g/mol. The van der Waals surface area contributed by atoms with Crippen LogP contribution in [0.25, 0.3) is 16.5 Å². The average molecular weight is 904 g/mol. The molecule has 66 heavy (non-hydrogen) atoms. The SMILES string of the molecule is CCc1cc2c(cc1/C(C=N)=C/NCOCCOCCOCCOCCOCCNc1cccc3c1C(=O)N(C(C)CCC(=O)NC=O)C3=O)C(C)(C)c1[nH]c3cc(C#N)ccc3c1C2=O. The van der Waals surface area contributed by atoms with Crippen molar-refractivity contribution < 1.29 is 47.7 Å². The third-order valence-corrected chi connectivity index (χ3v) is 11.7. The Morgan fingerprint density at radius 1 is 0.894 bits per heavy atom. The van der Waals surface area contributed by atoms with E-state index in [1.807, 2.05) is 25.1 Å². The Morgan fingerprint density at radius 3 is 2.23 bits per heavy atom. The van der Waals surface area contributed by atoms with Gasteiger partial charge in [0.15, 0.2) is 5.78 Å². The van der Waals surface area contributed by atoms with Crippen LogP contribution in [-0.2, 0) is 45.1 Å². The van der Waals surface area contributed by atoms with Crippen LogP contribution in [0.1, 0.15) is 105 Å². The topological polar surface area (TPSA) is 234 Å². The van der Waals surface area contributed by atoms with Crippen molar-refractivity contribution in [3.05, 3.63) is 105 Å². The van der Waals surface area contributed by atoms with E-state index in [0.29, 0.717) is 112 Å². The van der Waals surface area contributed by atoms with Gasteiger partial charge in [-0.1, -0.05) is 32.9 Å². The number of nitrogens with zero attached hydrogens (tertiary/aromatic N) is 2. The maximum atomic E-state index is 14.0. The standard InChI is InChI=1S/C49H57N7O10/c1-5-33-24-38-39(49(3,4)46-44(45(38)59)35-11-10-32(26-50)23-41(35)55-46)25-37(33)34(27-51)28-52-30-66-22-21-65-20-19-64-18-17-63-16-15-62-14-13-53-40-8-6-7-36-43(40)48(61)56(47(36)60)31(2)9-12-42(58)54-29-57/h6-8,10-11,23-25,27-29,31,51-53,55H,5,9,12-22,30H2,1-4H3,(H,54,57,58)/b34-28+,51-27?. The third kappa shape index (κ3) is 11.1. The molecule has 0 radical (unpaired) electrons. The van der Waals surface area contributed by atoms with Gasteiger partial charge in [-0.25, -0.2) is 0 Å². The number of aryl methyl sites for hydroxylation is 1. The first-order valence-electron chi connectivity index (χ1n) is 22.1. The van der Waals surface area contributed by atoms with Crippen LogP contribution in [0.3, 0.4) is 0 Å². The number of fused-ring (bicyclic) bond motifs is 5. The number of hydrogen-bond acceptors (Lipinski definition) is 14. The van der Waals surface area contributed by atoms with Gasteiger partial charge >= 0.3 is 0 Å². The molecule has 0 fully saturated rings. The number of H-pyrrole nitrogens is 1. The molecule has 6 rings (SSSR count). The first-order valence-corrected chi connectivity index (χ1v) is 22.1. The van der Waals surface area contributed by atoms with E-state index in [-0.39, 0.29) is 30.9 Å². The van der Waals surface area contributed by atoms with E-state index in [0.717, 1.165) is 38.2 Å². The zero-order valence-electron chi connectivity index (χ0n) is 37.8. The normalized spacial score (nSPS) is 14.4. The molecular weight excluding hydrogens is 847 g/mol. The van der Waals surface area contributed by atoms with Gasteiger partial charge in [-0.2, -0.15) is 5.26 Å². The molecule has 1 atom stereocenters. The van der Waals surface area contributed by atoms with Gasteiger partial charge < -0.3 is 44.7 Å². The minimum atomic E-state index is -0.538. The van der Waals surface area contributed by atoms with Crippen LogP contribution in [0.15, 0.2) is 54.7 Å². The van der Waals surface area contributed by atoms with Crippen molar-refractivity contribution in [1.29, 1.82) is 10.7 Å². The molecule has 3 aromatic carbocycles. The fraction of sp³-hybridized carbons (Fsp3) is 0.408. The second-order valence-electron chi connectivity index (χ2n) is 16.3. The van der Waals surface area contributed by atoms with Gasteiger partial charge in [-0.05, 0) is 72.9 Å². The summed E-state index contributed by atoms with van der Waals surface area (Å²) < 4.78 is 28.1. The highest BCUT2D eigenvalue weighted by Gasteiger charge is 2.41. The van der Waals surface area contributed by atoms with Gasteiger partial charge in [-0.15, -0.1) is 0 Å². The summed E-state index contributed by atoms with van der Waals surface area (Å²) in [4.78, 5) is 67.0. The van der Waals surface area contributed by atoms with E-state index >= 15 is 0 Å². The first kappa shape index (κ1) is 48.9. The number of ketones is 1. The summed E-state index contributed by atoms with van der Waals surface area (Å²) in [6.07, 6.45) is 4.25. The molecule has 0 spiro atoms. The number of nitriles is 1. The second-order valence-corrected chi connectivity index (χ2v) is 16.3. The van der Waals surface area contributed by atoms with E-state index in [2.05, 4.69) is 40.9 Å². The number of allylic oxidation sites excluding steroid dienone is 1. The van der Waals surface area contributed by atoms with E-state index in [1.54, 1.807) is 43.5 Å². The van der Waals surface area contributed by atoms with Crippen molar-refractivity contribution in [2.75, 3.05) is 78.1 Å². The molecule has 348 valence electrons. The number of aromatic nitrogens is 1. The lowest BCUT2D eigenvalue weighted by Gasteiger charge is -2.33. The maximum Gasteiger partial charge on any atom is 0.263 e. The molecule has 17 nitrogen and oxygen atoms in total. The Labute approximate surface area is 383 Å². The number of anilines is 1. The summed E-state index contributed by atoms with van der Waals surface area (Å²) in [5.74, 6) is -1.38. The Hall–Kier alpha value is -6.55. The van der Waals surface area contributed by atoms with Crippen LogP contribution in [-0.4, -0.2) is 125 Å². The second kappa shape index (κ2) is 23.1. The smallest absolute Gasteiger partial charge is 0.263 e. The number of amides is 4. The van der Waals surface area contributed by atoms with Gasteiger partial charge in [0.05, 0.1) is 87.8 Å². The molecule has 2 heterocycles. The number of aromatic amines is 1. The van der Waals surface area contributed by atoms with Crippen LogP contribution in [0.5, 0.6) is 0 Å². The summed E-state index contributed by atoms with van der Waals surface area (Å²) >= 11 is 0. The number of carbonyl (C=O) groups excluding carboxylic acids is 5. The summed E-state index contributed by atoms with van der Waals surface area (Å²) in [6, 6.07) is 16.0. The molecule has 1 aliphatic carbocycles. The van der Waals surface area contributed by atoms with E-state index < -0.39 is 29.2 Å². The lowest BCUT2D eigenvalue weighted by molar-refractivity contribution is -0.125. The van der Waals surface area contributed by atoms with Crippen molar-refractivity contribution in [1.82, 2.24) is 20.5 Å². The van der Waals surface area contributed by atoms with Crippen LogP contribution < -0.4 is 16.0 Å². The van der Waals surface area contributed by atoms with Crippen molar-refractivity contribution in [3.8, 4) is 6.07 Å². The summed E-state index contributed by atoms with van der Waals surface area (Å²) in [7, 11) is 0. The van der Waals surface area contributed by atoms with Crippen molar-refractivity contribution >= 4 is 58.3 Å². The van der Waals surface area contributed by atoms with Crippen molar-refractivity contribution in [3.63, 3.8) is 0 Å². The molecular formula is C49H57N7O10. The lowest BCUT2D eigenvalue weighted by Crippen LogP contribution is -2.38. The van der Waals surface area contributed by atoms with Crippen LogP contribution in [0.4, 0.5) is 5.69 Å². The number of benzene rings is 3. The van der Waals surface area contributed by atoms with E-state index in [1.165, 1.54) is 6.21 Å². The molecule has 1 aliphatic heterocycles. The largest absolute Gasteiger partial charge is 0.382 e. The molecule has 17 heteroatoms. The Morgan fingerprint density at radius 2 is 1.58 bits per heavy atom. The highest BCUT2D eigenvalue weighted by molar-refractivity contribution is 6.24. The van der Waals surface area contributed by atoms with Crippen LogP contribution >= 0.6 is 0 Å². The van der Waals surface area contributed by atoms with Crippen molar-refractivity contribution in [2.24, 2.45) is 0 Å². The predicted octanol–water partition coefficient (Wildman–Crippen LogP) is 5.24. The van der Waals surface area contributed by atoms with E-state index in [4.69, 9.17) is 29.1 Å². The zero-order chi connectivity index (χ0) is 47.2. The molecule has 0 saturated carbocycles. The summed E-state index contributed by atoms with van der Waals surface area (Å²) in [5, 5.41) is 26.8. The minimum Gasteiger partial charge on any atom is -0.382 e. The number of rotatable bonds is 27. The quantitative estimate of drug-likeness (QED) is 0.0170. The predicted molar refractivity (Wildman–Crippen MR) is 247 cm³/mol. The van der Waals surface area contributed by atoms with Crippen LogP contribution in [0, 0.1) is 16.7 Å². The number of ether oxygens (including phenoxy) is 5. The van der Waals surface area contributed by atoms with Gasteiger partial charge in [-0.3, -0.25) is 34.2 Å². The molecule has 4 amide bonds. The molecule has 0 bridgehead atoms. The maximum absolute atomic E-state index is 14.0. The molecule has 0 saturated heterocycles. The molecule has 5 N–H and O–H groups in total. The fourth-order valence-electron chi connectivity index (χ4n) is 8.23. The van der Waals surface area contributed by atoms with E-state index in [9.17, 15) is 29.2 Å². The molecule has 1 unspecified atom stereocenters. The summed E-state index contributed by atoms with van der Waals surface area (Å²) in [5.41, 5.74) is 7.31. The Balaban J connectivity index is 0.814. The first-order chi connectivity index (χ1) is 32.0. The zero-order valence-corrected chi connectivity index (χ0v) is 37.8. The summed E-state index contributed by atoms with van der Waals surface area (Å²) in [6.45, 7) is 11.9. The number of carbonyl (C=O) groups is 5. The van der Waals surface area contributed by atoms with Gasteiger partial charge in [0.25, 0.3) is 11.8 Å². The molecule has 2 aliphatic rings. The van der Waals surface area contributed by atoms with Gasteiger partial charge in [0.1, 0.15) is 6.73 Å². The number of nitrogens with one attached hydrogen (secondary N) is 5. The highest BCUT2D eigenvalue weighted by atomic mass is 16.6. The third-order valence-electron chi connectivity index (χ3n) is 11.7. The van der Waals surface area contributed by atoms with Gasteiger partial charge in [0, 0.05) is 70.3 Å².